The minimum absolute atomic E-state index is 0.0394. The summed E-state index contributed by atoms with van der Waals surface area (Å²) in [5, 5.41) is 27.1. The highest BCUT2D eigenvalue weighted by molar-refractivity contribution is 5.74. The second-order valence-electron chi connectivity index (χ2n) is 2.98. The van der Waals surface area contributed by atoms with Crippen LogP contribution in [0, 0.1) is 22.8 Å². The molecule has 84 valence electrons. The average molecular weight is 230 g/mol. The fraction of sp³-hybridized carbons (Fsp3) is 0.250. The van der Waals surface area contributed by atoms with Crippen LogP contribution >= 0.6 is 0 Å². The first-order valence-corrected chi connectivity index (χ1v) is 4.51. The van der Waals surface area contributed by atoms with Crippen molar-refractivity contribution >= 4 is 22.9 Å². The van der Waals surface area contributed by atoms with E-state index in [1.807, 2.05) is 12.3 Å². The first-order chi connectivity index (χ1) is 8.26. The summed E-state index contributed by atoms with van der Waals surface area (Å²) >= 11 is 0. The second-order valence-corrected chi connectivity index (χ2v) is 2.98. The van der Waals surface area contributed by atoms with Gasteiger partial charge < -0.3 is 5.32 Å². The Kier molecular flexibility index (Phi) is 2.66. The van der Waals surface area contributed by atoms with Crippen LogP contribution in [0.15, 0.2) is 4.63 Å². The van der Waals surface area contributed by atoms with Crippen molar-refractivity contribution in [1.29, 1.82) is 10.5 Å². The lowest BCUT2D eigenvalue weighted by Gasteiger charge is -2.11. The third-order valence-electron chi connectivity index (χ3n) is 1.90. The molecule has 0 aliphatic carbocycles. The molecular formula is C8H6N8O. The van der Waals surface area contributed by atoms with Crippen LogP contribution in [0.1, 0.15) is 0 Å². The van der Waals surface area contributed by atoms with Crippen LogP contribution in [0.3, 0.4) is 0 Å². The fourth-order valence-corrected chi connectivity index (χ4v) is 1.15. The van der Waals surface area contributed by atoms with Crippen LogP contribution in [-0.2, 0) is 0 Å². The topological polar surface area (TPSA) is 128 Å². The van der Waals surface area contributed by atoms with Gasteiger partial charge in [-0.1, -0.05) is 0 Å². The minimum Gasteiger partial charge on any atom is -0.354 e. The number of hydrogen-bond donors (Lipinski definition) is 1. The monoisotopic (exact) mass is 230 g/mol. The van der Waals surface area contributed by atoms with Gasteiger partial charge in [-0.15, -0.1) is 0 Å². The van der Waals surface area contributed by atoms with Gasteiger partial charge in [-0.2, -0.15) is 15.5 Å². The van der Waals surface area contributed by atoms with Crippen LogP contribution in [0.5, 0.6) is 0 Å². The third kappa shape index (κ3) is 1.89. The van der Waals surface area contributed by atoms with Crippen molar-refractivity contribution in [2.75, 3.05) is 23.8 Å². The van der Waals surface area contributed by atoms with Crippen molar-refractivity contribution in [3.05, 3.63) is 0 Å². The molecule has 9 heteroatoms. The predicted octanol–water partition coefficient (Wildman–Crippen LogP) is -0.134. The normalized spacial score (nSPS) is 9.59. The molecule has 0 fully saturated rings. The maximum Gasteiger partial charge on any atom is 0.245 e. The molecule has 2 rings (SSSR count). The zero-order valence-corrected chi connectivity index (χ0v) is 8.75. The molecule has 0 aliphatic rings. The number of rotatable bonds is 3. The fourth-order valence-electron chi connectivity index (χ4n) is 1.15. The smallest absolute Gasteiger partial charge is 0.245 e. The zero-order chi connectivity index (χ0) is 12.3. The van der Waals surface area contributed by atoms with Crippen molar-refractivity contribution in [2.24, 2.45) is 0 Å². The van der Waals surface area contributed by atoms with Gasteiger partial charge in [0.25, 0.3) is 0 Å². The summed E-state index contributed by atoms with van der Waals surface area (Å²) in [6.07, 6.45) is 1.88. The summed E-state index contributed by atoms with van der Waals surface area (Å²) in [4.78, 5) is 9.31. The maximum atomic E-state index is 8.82. The molecule has 0 aliphatic heterocycles. The van der Waals surface area contributed by atoms with Crippen LogP contribution < -0.4 is 10.2 Å². The van der Waals surface area contributed by atoms with Gasteiger partial charge in [0.1, 0.15) is 6.54 Å². The van der Waals surface area contributed by atoms with Gasteiger partial charge in [0.05, 0.1) is 6.07 Å². The number of anilines is 2. The van der Waals surface area contributed by atoms with E-state index in [-0.39, 0.29) is 29.5 Å². The average Bonchev–Trinajstić information content (AvgIpc) is 2.81. The zero-order valence-electron chi connectivity index (χ0n) is 8.75. The van der Waals surface area contributed by atoms with E-state index in [4.69, 9.17) is 10.5 Å². The van der Waals surface area contributed by atoms with Gasteiger partial charge >= 0.3 is 0 Å². The number of fused-ring (bicyclic) bond motifs is 1. The van der Waals surface area contributed by atoms with E-state index in [1.54, 1.807) is 0 Å². The van der Waals surface area contributed by atoms with E-state index in [1.165, 1.54) is 11.9 Å². The Morgan fingerprint density at radius 1 is 1.29 bits per heavy atom. The van der Waals surface area contributed by atoms with Crippen LogP contribution in [-0.4, -0.2) is 33.9 Å². The number of hydrogen-bond acceptors (Lipinski definition) is 9. The molecule has 0 atom stereocenters. The van der Waals surface area contributed by atoms with Gasteiger partial charge in [0.15, 0.2) is 17.8 Å². The van der Waals surface area contributed by atoms with E-state index in [9.17, 15) is 0 Å². The molecule has 17 heavy (non-hydrogen) atoms. The summed E-state index contributed by atoms with van der Waals surface area (Å²) in [6.45, 7) is 0.0394. The van der Waals surface area contributed by atoms with Gasteiger partial charge in [-0.25, -0.2) is 9.61 Å². The highest BCUT2D eigenvalue weighted by Gasteiger charge is 2.15. The van der Waals surface area contributed by atoms with E-state index in [0.29, 0.717) is 0 Å². The van der Waals surface area contributed by atoms with Crippen LogP contribution in [0.2, 0.25) is 0 Å². The highest BCUT2D eigenvalue weighted by atomic mass is 16.6. The molecule has 0 saturated heterocycles. The molecule has 0 aromatic carbocycles. The molecule has 2 aromatic heterocycles. The van der Waals surface area contributed by atoms with E-state index in [0.717, 1.165) is 0 Å². The largest absolute Gasteiger partial charge is 0.354 e. The molecule has 1 N–H and O–H groups in total. The summed E-state index contributed by atoms with van der Waals surface area (Å²) in [6, 6.07) is 1.90. The Hall–Kier alpha value is -2.94. The van der Waals surface area contributed by atoms with E-state index >= 15 is 0 Å². The minimum atomic E-state index is 0.0394. The molecular weight excluding hydrogens is 224 g/mol. The Bertz CT molecular complexity index is 620. The molecule has 2 aromatic rings. The maximum absolute atomic E-state index is 8.82. The number of nitrogens with zero attached hydrogens (tertiary/aromatic N) is 7. The van der Waals surface area contributed by atoms with Crippen LogP contribution in [0.4, 0.5) is 11.6 Å². The van der Waals surface area contributed by atoms with Crippen molar-refractivity contribution in [3.8, 4) is 12.3 Å². The summed E-state index contributed by atoms with van der Waals surface area (Å²) in [7, 11) is 1.51. The van der Waals surface area contributed by atoms with Crippen molar-refractivity contribution < 1.29 is 4.63 Å². The summed E-state index contributed by atoms with van der Waals surface area (Å²) < 4.78 is 4.47. The lowest BCUT2D eigenvalue weighted by Crippen LogP contribution is -2.15. The number of nitrogens with one attached hydrogen (secondary N) is 1. The lowest BCUT2D eigenvalue weighted by atomic mass is 10.5. The first-order valence-electron chi connectivity index (χ1n) is 4.51. The quantitative estimate of drug-likeness (QED) is 0.435. The number of aromatic nitrogens is 4. The molecule has 0 amide bonds. The Balaban J connectivity index is 2.52. The summed E-state index contributed by atoms with van der Waals surface area (Å²) in [5.41, 5.74) is 0.408. The molecule has 0 unspecified atom stereocenters. The molecule has 9 nitrogen and oxygen atoms in total. The molecule has 0 radical (unpaired) electrons. The standard InChI is InChI=1S/C8H6N8O/c1-16(4-10)8-7(11-3-2-9)12-5-6(13-8)15-17-14-5/h3H2,1H3,(H,11,12,14). The molecule has 0 bridgehead atoms. The third-order valence-corrected chi connectivity index (χ3v) is 1.90. The van der Waals surface area contributed by atoms with E-state index in [2.05, 4.69) is 30.2 Å². The van der Waals surface area contributed by atoms with Gasteiger partial charge in [0.2, 0.25) is 11.3 Å². The SMILES string of the molecule is CN(C#N)c1nc2nonc2nc1NCC#N. The van der Waals surface area contributed by atoms with Gasteiger partial charge in [-0.3, -0.25) is 4.90 Å². The highest BCUT2D eigenvalue weighted by Crippen LogP contribution is 2.21. The van der Waals surface area contributed by atoms with Crippen molar-refractivity contribution in [2.45, 2.75) is 0 Å². The predicted molar refractivity (Wildman–Crippen MR) is 55.5 cm³/mol. The van der Waals surface area contributed by atoms with Gasteiger partial charge in [0, 0.05) is 7.05 Å². The molecule has 2 heterocycles. The molecule has 0 spiro atoms. The Morgan fingerprint density at radius 3 is 2.65 bits per heavy atom. The van der Waals surface area contributed by atoms with Crippen molar-refractivity contribution in [1.82, 2.24) is 20.3 Å². The first kappa shape index (κ1) is 10.6. The Morgan fingerprint density at radius 2 is 2.00 bits per heavy atom. The van der Waals surface area contributed by atoms with Gasteiger partial charge in [-0.05, 0) is 10.3 Å². The van der Waals surface area contributed by atoms with E-state index < -0.39 is 0 Å². The van der Waals surface area contributed by atoms with Crippen molar-refractivity contribution in [3.63, 3.8) is 0 Å². The van der Waals surface area contributed by atoms with Crippen LogP contribution in [0.25, 0.3) is 11.3 Å². The number of nitriles is 2. The Labute approximate surface area is 95.2 Å². The second kappa shape index (κ2) is 4.28. The molecule has 0 saturated carbocycles. The lowest BCUT2D eigenvalue weighted by molar-refractivity contribution is 0.314. The summed E-state index contributed by atoms with van der Waals surface area (Å²) in [5.74, 6) is 0.532.